The summed E-state index contributed by atoms with van der Waals surface area (Å²) >= 11 is 9.54. The molecule has 2 aliphatic heterocycles. The summed E-state index contributed by atoms with van der Waals surface area (Å²) in [6.45, 7) is 4.99. The number of carbonyl (C=O) groups is 2. The molecule has 0 bridgehead atoms. The molecule has 2 fully saturated rings. The van der Waals surface area contributed by atoms with Gasteiger partial charge >= 0.3 is 77.0 Å². The van der Waals surface area contributed by atoms with Crippen LogP contribution in [0.3, 0.4) is 0 Å². The molecule has 11 nitrogen and oxygen atoms in total. The van der Waals surface area contributed by atoms with E-state index in [9.17, 15) is 18.4 Å². The molecule has 48 heavy (non-hydrogen) atoms. The molecular formula is C29H44ClF2I4N6O5V. The van der Waals surface area contributed by atoms with E-state index in [2.05, 4.69) is 98.5 Å². The molecule has 0 aromatic heterocycles. The fourth-order valence-electron chi connectivity index (χ4n) is 4.57. The third-order valence-corrected chi connectivity index (χ3v) is 6.52. The number of halogens is 7. The second kappa shape index (κ2) is 26.8. The van der Waals surface area contributed by atoms with Crippen LogP contribution in [0.15, 0.2) is 36.4 Å². The number of aliphatic hydroxyl groups excluding tert-OH is 1. The molecule has 2 aliphatic rings. The number of hydrogen-bond acceptors (Lipinski definition) is 9. The number of benzene rings is 2. The zero-order chi connectivity index (χ0) is 35.5. The molecule has 0 radical (unpaired) electrons. The number of alkyl halides is 1. The predicted octanol–water partition coefficient (Wildman–Crippen LogP) is 7.12. The first-order valence-corrected chi connectivity index (χ1v) is 30.2. The van der Waals surface area contributed by atoms with Crippen molar-refractivity contribution in [2.45, 2.75) is 25.6 Å². The van der Waals surface area contributed by atoms with Gasteiger partial charge < -0.3 is 35.4 Å². The third-order valence-electron chi connectivity index (χ3n) is 6.52. The fourth-order valence-corrected chi connectivity index (χ4v) is 4.57. The van der Waals surface area contributed by atoms with Crippen LogP contribution >= 0.6 is 94.9 Å². The van der Waals surface area contributed by atoms with Gasteiger partial charge in [-0.15, -0.1) is 12.4 Å². The molecule has 4 rings (SSSR count). The molecular weight excluding hydrogens is 1140 g/mol. The van der Waals surface area contributed by atoms with E-state index in [1.54, 1.807) is 38.4 Å². The van der Waals surface area contributed by atoms with Gasteiger partial charge in [0.1, 0.15) is 23.8 Å². The van der Waals surface area contributed by atoms with Crippen molar-refractivity contribution in [1.29, 1.82) is 0 Å². The van der Waals surface area contributed by atoms with E-state index in [-0.39, 0.29) is 48.5 Å². The van der Waals surface area contributed by atoms with Crippen LogP contribution in [0.5, 0.6) is 0 Å². The van der Waals surface area contributed by atoms with Crippen LogP contribution in [0.4, 0.5) is 41.1 Å². The zero-order valence-electron chi connectivity index (χ0n) is 27.3. The van der Waals surface area contributed by atoms with Gasteiger partial charge in [0.25, 0.3) is 0 Å². The van der Waals surface area contributed by atoms with Crippen molar-refractivity contribution in [3.8, 4) is 0 Å². The quantitative estimate of drug-likeness (QED) is 0.130. The van der Waals surface area contributed by atoms with E-state index in [0.29, 0.717) is 48.9 Å². The number of carbonyl (C=O) groups excluding carboxylic acids is 2. The second-order valence-electron chi connectivity index (χ2n) is 9.91. The summed E-state index contributed by atoms with van der Waals surface area (Å²) < 4.78 is 38.5. The van der Waals surface area contributed by atoms with Crippen molar-refractivity contribution in [3.63, 3.8) is 0 Å². The molecule has 19 heteroatoms. The topological polar surface area (TPSA) is 119 Å². The van der Waals surface area contributed by atoms with E-state index in [1.807, 2.05) is 23.8 Å². The minimum absolute atomic E-state index is 0. The number of amides is 2. The molecule has 2 aromatic rings. The third kappa shape index (κ3) is 16.6. The van der Waals surface area contributed by atoms with Gasteiger partial charge in [0.05, 0.1) is 42.4 Å². The summed E-state index contributed by atoms with van der Waals surface area (Å²) in [5.41, 5.74) is 1.83. The summed E-state index contributed by atoms with van der Waals surface area (Å²) in [7, 11) is 5.43. The van der Waals surface area contributed by atoms with Crippen molar-refractivity contribution >= 4 is 130 Å². The summed E-state index contributed by atoms with van der Waals surface area (Å²) in [4.78, 5) is 30.0. The number of aliphatic hydroxyl groups is 1. The van der Waals surface area contributed by atoms with Crippen LogP contribution in [0.2, 0.25) is 0 Å². The van der Waals surface area contributed by atoms with Crippen LogP contribution in [-0.2, 0) is 14.4 Å². The number of rotatable bonds is 12. The first kappa shape index (κ1) is 48.1. The van der Waals surface area contributed by atoms with Gasteiger partial charge in [-0.05, 0) is 61.8 Å². The van der Waals surface area contributed by atoms with Gasteiger partial charge in [-0.25, -0.2) is 18.4 Å². The summed E-state index contributed by atoms with van der Waals surface area (Å²) in [6.07, 6.45) is -0.386. The van der Waals surface area contributed by atoms with Crippen molar-refractivity contribution < 1.29 is 37.9 Å². The SMILES string of the molecule is CCCN(C)c1ccc(N2C[C@H](CNC)OC2=O)cc1F.CI.CNC[C@H]1CN(c2ccc(NCCO)c(F)c2)C(=O)O1.Cl.[I][V]([I])[I]. The van der Waals surface area contributed by atoms with Crippen LogP contribution < -0.4 is 30.7 Å². The van der Waals surface area contributed by atoms with Crippen molar-refractivity contribution in [2.24, 2.45) is 0 Å². The maximum atomic E-state index is 14.2. The van der Waals surface area contributed by atoms with Crippen LogP contribution in [0.25, 0.3) is 0 Å². The summed E-state index contributed by atoms with van der Waals surface area (Å²) in [6, 6.07) is 9.32. The van der Waals surface area contributed by atoms with Gasteiger partial charge in [-0.2, -0.15) is 0 Å². The molecule has 0 unspecified atom stereocenters. The molecule has 4 N–H and O–H groups in total. The number of nitrogens with one attached hydrogen (secondary N) is 3. The van der Waals surface area contributed by atoms with Crippen molar-refractivity contribution in [3.05, 3.63) is 48.0 Å². The summed E-state index contributed by atoms with van der Waals surface area (Å²) in [5.74, 6) is -0.797. The predicted molar refractivity (Wildman–Crippen MR) is 224 cm³/mol. The Morgan fingerprint density at radius 3 is 1.77 bits per heavy atom. The Balaban J connectivity index is 0.000000778. The van der Waals surface area contributed by atoms with Crippen LogP contribution in [-0.4, -0.2) is 101 Å². The molecule has 0 saturated carbocycles. The van der Waals surface area contributed by atoms with Gasteiger partial charge in [0.2, 0.25) is 0 Å². The summed E-state index contributed by atoms with van der Waals surface area (Å²) in [5, 5.41) is 17.4. The average Bonchev–Trinajstić information content (AvgIpc) is 3.59. The standard InChI is InChI=1S/C15H22FN3O2.C13H18FN3O3.CH3I.ClH.3HI.V/c1-4-7-18(3)14-6-5-11(8-13(14)16)19-10-12(9-17-2)21-15(19)20;1-15-7-10-8-17(13(19)20-10)9-2-3-12(11(14)6-9)16-4-5-18;1-2;;;;;/h5-6,8,12,17H,4,7,9-10H2,1-3H3;2-3,6,10,15-16,18H,4-5,7-8H2,1H3;1H3;4*1H;/q;;;;;;;+3/p-3/t12-;10-;;;;;;/m00....../s1. The number of anilines is 4. The number of cyclic esters (lactones) is 2. The molecule has 274 valence electrons. The Morgan fingerprint density at radius 1 is 0.917 bits per heavy atom. The monoisotopic (exact) mass is 1190 g/mol. The Labute approximate surface area is 340 Å². The molecule has 2 aromatic carbocycles. The van der Waals surface area contributed by atoms with E-state index in [0.717, 1.165) is 13.0 Å². The van der Waals surface area contributed by atoms with E-state index in [1.165, 1.54) is 21.9 Å². The first-order valence-electron chi connectivity index (χ1n) is 14.5. The molecule has 0 aliphatic carbocycles. The van der Waals surface area contributed by atoms with Crippen molar-refractivity contribution in [1.82, 2.24) is 10.6 Å². The van der Waals surface area contributed by atoms with Gasteiger partial charge in [0, 0.05) is 33.2 Å². The molecule has 2 heterocycles. The van der Waals surface area contributed by atoms with Gasteiger partial charge in [-0.1, -0.05) is 29.5 Å². The minimum atomic E-state index is -0.472. The second-order valence-corrected chi connectivity index (χ2v) is 45.3. The number of nitrogens with zero attached hydrogens (tertiary/aromatic N) is 3. The van der Waals surface area contributed by atoms with E-state index < -0.39 is 18.0 Å². The Bertz CT molecular complexity index is 1250. The van der Waals surface area contributed by atoms with Gasteiger partial charge in [-0.3, -0.25) is 9.80 Å². The number of likely N-dealkylation sites (N-methyl/N-ethyl adjacent to an activating group) is 2. The zero-order valence-corrected chi connectivity index (χ0v) is 38.2. The van der Waals surface area contributed by atoms with Gasteiger partial charge in [0.15, 0.2) is 0 Å². The fraction of sp³-hybridized carbons (Fsp3) is 0.517. The Morgan fingerprint density at radius 2 is 1.38 bits per heavy atom. The maximum absolute atomic E-state index is 14.2. The number of hydrogen-bond donors (Lipinski definition) is 4. The van der Waals surface area contributed by atoms with Crippen LogP contribution in [0, 0.1) is 11.6 Å². The molecule has 2 amide bonds. The van der Waals surface area contributed by atoms with E-state index >= 15 is 0 Å². The average molecular weight is 1190 g/mol. The number of ether oxygens (including phenoxy) is 2. The Kier molecular flexibility index (Phi) is 26.9. The molecule has 2 atom stereocenters. The van der Waals surface area contributed by atoms with Crippen molar-refractivity contribution in [2.75, 3.05) is 92.0 Å². The van der Waals surface area contributed by atoms with Crippen LogP contribution in [0.1, 0.15) is 13.3 Å². The Hall–Kier alpha value is 0.114. The van der Waals surface area contributed by atoms with E-state index in [4.69, 9.17) is 14.6 Å². The molecule has 2 saturated heterocycles. The molecule has 0 spiro atoms. The first-order chi connectivity index (χ1) is 22.4. The normalized spacial score (nSPS) is 16.4.